The van der Waals surface area contributed by atoms with Crippen LogP contribution in [0.4, 0.5) is 4.79 Å². The van der Waals surface area contributed by atoms with Crippen LogP contribution < -0.4 is 4.46 Å². The van der Waals surface area contributed by atoms with E-state index in [1.165, 1.54) is 0 Å². The molecular weight excluding hydrogens is 329 g/mol. The first-order chi connectivity index (χ1) is 9.47. The van der Waals surface area contributed by atoms with Crippen molar-refractivity contribution in [2.24, 2.45) is 0 Å². The number of rotatable bonds is 3. The summed E-state index contributed by atoms with van der Waals surface area (Å²) in [6, 6.07) is 8.87. The summed E-state index contributed by atoms with van der Waals surface area (Å²) < 4.78 is -0.853. The summed E-state index contributed by atoms with van der Waals surface area (Å²) in [5.41, 5.74) is 0. The van der Waals surface area contributed by atoms with E-state index in [4.69, 9.17) is 5.11 Å². The van der Waals surface area contributed by atoms with Crippen molar-refractivity contribution in [2.45, 2.75) is 17.2 Å². The average molecular weight is 342 g/mol. The van der Waals surface area contributed by atoms with Gasteiger partial charge in [0.05, 0.1) is 0 Å². The number of hydrogen-bond donors (Lipinski definition) is 2. The molecule has 0 aliphatic carbocycles. The average Bonchev–Trinajstić information content (AvgIpc) is 2.41. The molecule has 1 heterocycles. The van der Waals surface area contributed by atoms with Crippen LogP contribution in [0.3, 0.4) is 0 Å². The third kappa shape index (κ3) is 2.55. The third-order valence-corrected chi connectivity index (χ3v) is 6.07. The van der Waals surface area contributed by atoms with Crippen LogP contribution in [0.1, 0.15) is 12.8 Å². The third-order valence-electron chi connectivity index (χ3n) is 3.11. The topological polar surface area (TPSA) is 94.9 Å². The predicted molar refractivity (Wildman–Crippen MR) is 71.1 cm³/mol. The number of nitrogens with zero attached hydrogens (tertiary/aromatic N) is 1. The molecule has 0 aromatic heterocycles. The van der Waals surface area contributed by atoms with Crippen LogP contribution in [0.5, 0.6) is 0 Å². The van der Waals surface area contributed by atoms with Crippen LogP contribution in [-0.4, -0.2) is 54.6 Å². The van der Waals surface area contributed by atoms with E-state index in [1.54, 1.807) is 30.3 Å². The molecule has 0 bridgehead atoms. The van der Waals surface area contributed by atoms with Crippen molar-refractivity contribution in [3.05, 3.63) is 30.3 Å². The number of likely N-dealkylation sites (tertiary alicyclic amines) is 1. The molecule has 106 valence electrons. The van der Waals surface area contributed by atoms with Gasteiger partial charge in [0.1, 0.15) is 0 Å². The standard InChI is InChI=1S/C13H13NO5Se/c15-10-13(11(16)17,7-4-8-14(10)12(18)19)20-9-5-2-1-3-6-9/h1-3,5-6H,4,7-8H2,(H,16,17)(H,18,19). The van der Waals surface area contributed by atoms with E-state index in [1.807, 2.05) is 0 Å². The van der Waals surface area contributed by atoms with E-state index in [2.05, 4.69) is 0 Å². The maximum atomic E-state index is 12.3. The fourth-order valence-electron chi connectivity index (χ4n) is 2.12. The van der Waals surface area contributed by atoms with E-state index < -0.39 is 37.2 Å². The van der Waals surface area contributed by atoms with E-state index in [-0.39, 0.29) is 13.0 Å². The molecule has 20 heavy (non-hydrogen) atoms. The Morgan fingerprint density at radius 3 is 2.40 bits per heavy atom. The van der Waals surface area contributed by atoms with E-state index >= 15 is 0 Å². The summed E-state index contributed by atoms with van der Waals surface area (Å²) in [6.45, 7) is 0.0636. The molecule has 1 fully saturated rings. The number of carbonyl (C=O) groups is 3. The molecule has 1 aromatic rings. The second kappa shape index (κ2) is 5.64. The molecule has 1 aromatic carbocycles. The van der Waals surface area contributed by atoms with Gasteiger partial charge in [-0.1, -0.05) is 0 Å². The fourth-order valence-corrected chi connectivity index (χ4v) is 4.70. The monoisotopic (exact) mass is 343 g/mol. The molecule has 0 radical (unpaired) electrons. The number of carboxylic acids is 1. The van der Waals surface area contributed by atoms with Crippen molar-refractivity contribution in [1.29, 1.82) is 0 Å². The fraction of sp³-hybridized carbons (Fsp3) is 0.308. The second-order valence-electron chi connectivity index (χ2n) is 4.39. The van der Waals surface area contributed by atoms with Gasteiger partial charge in [0.15, 0.2) is 0 Å². The van der Waals surface area contributed by atoms with Gasteiger partial charge in [-0.15, -0.1) is 0 Å². The summed E-state index contributed by atoms with van der Waals surface area (Å²) in [5.74, 6) is -2.05. The van der Waals surface area contributed by atoms with Gasteiger partial charge in [-0.25, -0.2) is 0 Å². The molecule has 2 N–H and O–H groups in total. The van der Waals surface area contributed by atoms with Crippen LogP contribution in [0, 0.1) is 0 Å². The first-order valence-corrected chi connectivity index (χ1v) is 7.71. The number of amides is 2. The molecule has 1 unspecified atom stereocenters. The van der Waals surface area contributed by atoms with Gasteiger partial charge in [0.2, 0.25) is 0 Å². The Hall–Kier alpha value is -1.85. The summed E-state index contributed by atoms with van der Waals surface area (Å²) in [7, 11) is 0. The summed E-state index contributed by atoms with van der Waals surface area (Å²) >= 11 is -0.661. The zero-order valence-electron chi connectivity index (χ0n) is 10.5. The van der Waals surface area contributed by atoms with Crippen molar-refractivity contribution < 1.29 is 24.6 Å². The molecule has 1 atom stereocenters. The molecule has 1 saturated heterocycles. The molecular formula is C13H13NO5Se. The molecule has 1 aliphatic heterocycles. The van der Waals surface area contributed by atoms with Crippen molar-refractivity contribution in [1.82, 2.24) is 4.90 Å². The van der Waals surface area contributed by atoms with Gasteiger partial charge in [-0.3, -0.25) is 0 Å². The Morgan fingerprint density at radius 2 is 1.85 bits per heavy atom. The first kappa shape index (κ1) is 14.6. The van der Waals surface area contributed by atoms with Gasteiger partial charge in [0, 0.05) is 0 Å². The zero-order valence-corrected chi connectivity index (χ0v) is 12.2. The number of aliphatic carboxylic acids is 1. The summed E-state index contributed by atoms with van der Waals surface area (Å²) in [6.07, 6.45) is -0.831. The molecule has 2 amide bonds. The molecule has 0 spiro atoms. The van der Waals surface area contributed by atoms with Crippen LogP contribution in [0.2, 0.25) is 4.31 Å². The van der Waals surface area contributed by atoms with Gasteiger partial charge >= 0.3 is 121 Å². The van der Waals surface area contributed by atoms with Crippen molar-refractivity contribution >= 4 is 37.4 Å². The van der Waals surface area contributed by atoms with Crippen LogP contribution in [-0.2, 0) is 9.59 Å². The van der Waals surface area contributed by atoms with Crippen LogP contribution in [0.25, 0.3) is 0 Å². The summed E-state index contributed by atoms with van der Waals surface area (Å²) in [4.78, 5) is 35.6. The number of carbonyl (C=O) groups excluding carboxylic acids is 1. The van der Waals surface area contributed by atoms with Gasteiger partial charge in [-0.2, -0.15) is 0 Å². The van der Waals surface area contributed by atoms with Crippen LogP contribution in [0.15, 0.2) is 30.3 Å². The number of benzene rings is 1. The Balaban J connectivity index is 2.36. The molecule has 1 aliphatic rings. The predicted octanol–water partition coefficient (Wildman–Crippen LogP) is 0.560. The van der Waals surface area contributed by atoms with Gasteiger partial charge in [0.25, 0.3) is 0 Å². The Morgan fingerprint density at radius 1 is 1.20 bits per heavy atom. The Labute approximate surface area is 121 Å². The molecule has 6 nitrogen and oxygen atoms in total. The maximum absolute atomic E-state index is 12.3. The number of imide groups is 1. The van der Waals surface area contributed by atoms with Crippen molar-refractivity contribution in [3.63, 3.8) is 0 Å². The molecule has 0 saturated carbocycles. The number of piperidine rings is 1. The molecule has 7 heteroatoms. The van der Waals surface area contributed by atoms with Crippen LogP contribution >= 0.6 is 0 Å². The number of carboxylic acid groups (broad SMARTS) is 2. The number of hydrogen-bond acceptors (Lipinski definition) is 3. The normalized spacial score (nSPS) is 22.6. The minimum atomic E-state index is -1.62. The van der Waals surface area contributed by atoms with Crippen molar-refractivity contribution in [2.75, 3.05) is 6.54 Å². The second-order valence-corrected chi connectivity index (χ2v) is 7.27. The quantitative estimate of drug-likeness (QED) is 0.618. The first-order valence-electron chi connectivity index (χ1n) is 6.00. The summed E-state index contributed by atoms with van der Waals surface area (Å²) in [5, 5.41) is 18.5. The van der Waals surface area contributed by atoms with E-state index in [0.717, 1.165) is 4.46 Å². The minimum absolute atomic E-state index is 0.0636. The Bertz CT molecular complexity index is 547. The molecule has 2 rings (SSSR count). The van der Waals surface area contributed by atoms with Gasteiger partial charge in [-0.05, 0) is 0 Å². The van der Waals surface area contributed by atoms with Gasteiger partial charge < -0.3 is 0 Å². The van der Waals surface area contributed by atoms with E-state index in [0.29, 0.717) is 11.3 Å². The van der Waals surface area contributed by atoms with Crippen molar-refractivity contribution in [3.8, 4) is 0 Å². The SMILES string of the molecule is O=C(O)N1CCCC([Se]c2ccccc2)(C(=O)O)C1=O. The Kier molecular flexibility index (Phi) is 4.11. The zero-order chi connectivity index (χ0) is 14.8. The van der Waals surface area contributed by atoms with E-state index in [9.17, 15) is 19.5 Å².